The Kier molecular flexibility index (Phi) is 6.08. The number of rotatable bonds is 5. The van der Waals surface area contributed by atoms with E-state index in [0.29, 0.717) is 10.4 Å². The second-order valence-corrected chi connectivity index (χ2v) is 11.5. The van der Waals surface area contributed by atoms with Crippen molar-refractivity contribution >= 4 is 37.3 Å². The Bertz CT molecular complexity index is 1120. The number of benzene rings is 1. The van der Waals surface area contributed by atoms with E-state index in [2.05, 4.69) is 0 Å². The average molecular weight is 464 g/mol. The summed E-state index contributed by atoms with van der Waals surface area (Å²) in [5.74, 6) is -1.45. The van der Waals surface area contributed by atoms with Gasteiger partial charge in [-0.25, -0.2) is 26.7 Å². The van der Waals surface area contributed by atoms with Gasteiger partial charge in [0.2, 0.25) is 10.0 Å². The van der Waals surface area contributed by atoms with Crippen LogP contribution in [0.15, 0.2) is 40.6 Å². The van der Waals surface area contributed by atoms with Gasteiger partial charge in [0.05, 0.1) is 6.26 Å². The summed E-state index contributed by atoms with van der Waals surface area (Å²) in [5, 5.41) is 8.99. The van der Waals surface area contributed by atoms with Gasteiger partial charge in [0.15, 0.2) is 0 Å². The maximum absolute atomic E-state index is 13.1. The Balaban J connectivity index is 1.93. The van der Waals surface area contributed by atoms with Crippen molar-refractivity contribution in [2.75, 3.05) is 25.9 Å². The summed E-state index contributed by atoms with van der Waals surface area (Å²) >= 11 is 0.942. The zero-order valence-electron chi connectivity index (χ0n) is 15.1. The molecule has 0 radical (unpaired) electrons. The maximum Gasteiger partial charge on any atom is 0.263 e. The van der Waals surface area contributed by atoms with Gasteiger partial charge in [-0.1, -0.05) is 12.1 Å². The van der Waals surface area contributed by atoms with Gasteiger partial charge in [-0.05, 0) is 29.8 Å². The third-order valence-electron chi connectivity index (χ3n) is 4.45. The number of thiophene rings is 1. The molecule has 1 aliphatic rings. The van der Waals surface area contributed by atoms with Gasteiger partial charge in [0.1, 0.15) is 16.1 Å². The minimum Gasteiger partial charge on any atom is -0.289 e. The van der Waals surface area contributed by atoms with Gasteiger partial charge in [0.25, 0.3) is 15.9 Å². The van der Waals surface area contributed by atoms with Gasteiger partial charge in [0, 0.05) is 24.5 Å². The van der Waals surface area contributed by atoms with Crippen molar-refractivity contribution in [3.05, 3.63) is 42.2 Å². The van der Waals surface area contributed by atoms with Crippen LogP contribution in [-0.2, 0) is 24.8 Å². The summed E-state index contributed by atoms with van der Waals surface area (Å²) in [6.45, 7) is -0.790. The fourth-order valence-electron chi connectivity index (χ4n) is 2.96. The highest BCUT2D eigenvalue weighted by atomic mass is 32.2. The summed E-state index contributed by atoms with van der Waals surface area (Å²) in [5.41, 5.74) is 2.03. The normalized spacial score (nSPS) is 19.2. The molecule has 1 fully saturated rings. The van der Waals surface area contributed by atoms with Crippen molar-refractivity contribution < 1.29 is 31.2 Å². The van der Waals surface area contributed by atoms with Crippen LogP contribution in [0.3, 0.4) is 0 Å². The number of hydrogen-bond donors (Lipinski definition) is 2. The van der Waals surface area contributed by atoms with Gasteiger partial charge < -0.3 is 0 Å². The Labute approximate surface area is 171 Å². The lowest BCUT2D eigenvalue weighted by atomic mass is 10.2. The number of nitrogens with one attached hydrogen (secondary N) is 1. The summed E-state index contributed by atoms with van der Waals surface area (Å²) in [7, 11) is -7.79. The molecule has 9 nitrogen and oxygen atoms in total. The first kappa shape index (κ1) is 21.8. The van der Waals surface area contributed by atoms with Gasteiger partial charge in [-0.3, -0.25) is 10.0 Å². The third kappa shape index (κ3) is 4.49. The van der Waals surface area contributed by atoms with E-state index in [0.717, 1.165) is 26.2 Å². The molecule has 158 valence electrons. The molecule has 2 heterocycles. The number of amides is 1. The van der Waals surface area contributed by atoms with E-state index in [1.807, 2.05) is 0 Å². The van der Waals surface area contributed by atoms with E-state index < -0.39 is 44.4 Å². The Morgan fingerprint density at radius 2 is 1.79 bits per heavy atom. The highest BCUT2D eigenvalue weighted by Crippen LogP contribution is 2.33. The smallest absolute Gasteiger partial charge is 0.263 e. The fourth-order valence-corrected chi connectivity index (χ4v) is 6.80. The van der Waals surface area contributed by atoms with Gasteiger partial charge in [-0.15, -0.1) is 11.3 Å². The van der Waals surface area contributed by atoms with E-state index in [4.69, 9.17) is 5.21 Å². The first-order valence-electron chi connectivity index (χ1n) is 8.31. The molecule has 0 bridgehead atoms. The molecule has 1 unspecified atom stereocenters. The van der Waals surface area contributed by atoms with Crippen LogP contribution < -0.4 is 5.48 Å². The van der Waals surface area contributed by atoms with Crippen molar-refractivity contribution in [3.8, 4) is 10.4 Å². The molecular formula is C16H18FN3O6S3. The summed E-state index contributed by atoms with van der Waals surface area (Å²) in [4.78, 5) is 12.7. The van der Waals surface area contributed by atoms with Crippen LogP contribution in [0.25, 0.3) is 10.4 Å². The zero-order valence-corrected chi connectivity index (χ0v) is 17.6. The molecule has 13 heteroatoms. The largest absolute Gasteiger partial charge is 0.289 e. The quantitative estimate of drug-likeness (QED) is 0.497. The molecule has 1 atom stereocenters. The number of halogens is 1. The topological polar surface area (TPSA) is 124 Å². The minimum atomic E-state index is -4.15. The van der Waals surface area contributed by atoms with Crippen LogP contribution in [-0.4, -0.2) is 68.5 Å². The highest BCUT2D eigenvalue weighted by Gasteiger charge is 2.42. The van der Waals surface area contributed by atoms with Crippen molar-refractivity contribution in [1.82, 2.24) is 14.1 Å². The van der Waals surface area contributed by atoms with Crippen LogP contribution in [0.5, 0.6) is 0 Å². The molecule has 1 saturated heterocycles. The van der Waals surface area contributed by atoms with Crippen LogP contribution in [0.4, 0.5) is 4.39 Å². The monoisotopic (exact) mass is 463 g/mol. The molecule has 29 heavy (non-hydrogen) atoms. The molecule has 1 aromatic heterocycles. The Morgan fingerprint density at radius 1 is 1.14 bits per heavy atom. The first-order valence-corrected chi connectivity index (χ1v) is 12.4. The van der Waals surface area contributed by atoms with E-state index in [9.17, 15) is 26.0 Å². The molecule has 0 saturated carbocycles. The van der Waals surface area contributed by atoms with Crippen molar-refractivity contribution in [1.29, 1.82) is 0 Å². The van der Waals surface area contributed by atoms with E-state index in [-0.39, 0.29) is 17.3 Å². The molecular weight excluding hydrogens is 445 g/mol. The Morgan fingerprint density at radius 3 is 2.38 bits per heavy atom. The molecule has 1 aliphatic heterocycles. The lowest BCUT2D eigenvalue weighted by Crippen LogP contribution is -2.60. The van der Waals surface area contributed by atoms with Crippen LogP contribution >= 0.6 is 11.3 Å². The molecule has 0 spiro atoms. The lowest BCUT2D eigenvalue weighted by molar-refractivity contribution is -0.134. The van der Waals surface area contributed by atoms with Crippen LogP contribution in [0, 0.1) is 5.82 Å². The predicted molar refractivity (Wildman–Crippen MR) is 104 cm³/mol. The second kappa shape index (κ2) is 8.08. The molecule has 1 aromatic carbocycles. The van der Waals surface area contributed by atoms with Crippen molar-refractivity contribution in [2.45, 2.75) is 10.3 Å². The molecule has 2 N–H and O–H groups in total. The lowest BCUT2D eigenvalue weighted by Gasteiger charge is -2.37. The number of piperazine rings is 1. The SMILES string of the molecule is CS(=O)(=O)N1CCN(S(=O)(=O)c2ccc(-c3ccc(F)cc3)s2)C(C(=O)NO)C1. The van der Waals surface area contributed by atoms with Crippen molar-refractivity contribution in [3.63, 3.8) is 0 Å². The summed E-state index contributed by atoms with van der Waals surface area (Å²) in [6.07, 6.45) is 0.958. The average Bonchev–Trinajstić information content (AvgIpc) is 3.18. The van der Waals surface area contributed by atoms with Crippen LogP contribution in [0.2, 0.25) is 0 Å². The third-order valence-corrected chi connectivity index (χ3v) is 9.23. The number of hydroxylamine groups is 1. The number of carbonyl (C=O) groups excluding carboxylic acids is 1. The van der Waals surface area contributed by atoms with E-state index in [1.54, 1.807) is 6.07 Å². The standard InChI is InChI=1S/C16H18FN3O6S3/c1-28(23,24)19-8-9-20(13(10-19)16(21)18-22)29(25,26)15-7-6-14(27-15)11-2-4-12(17)5-3-11/h2-7,13,22H,8-10H2,1H3,(H,18,21). The number of hydrogen-bond acceptors (Lipinski definition) is 7. The Hall–Kier alpha value is -1.90. The summed E-state index contributed by atoms with van der Waals surface area (Å²) < 4.78 is 64.7. The van der Waals surface area contributed by atoms with Gasteiger partial charge >= 0.3 is 0 Å². The summed E-state index contributed by atoms with van der Waals surface area (Å²) in [6, 6.07) is 7.07. The molecule has 3 rings (SSSR count). The van der Waals surface area contributed by atoms with Crippen molar-refractivity contribution in [2.24, 2.45) is 0 Å². The molecule has 0 aliphatic carbocycles. The number of carbonyl (C=O) groups is 1. The number of nitrogens with zero attached hydrogens (tertiary/aromatic N) is 2. The maximum atomic E-state index is 13.1. The van der Waals surface area contributed by atoms with E-state index >= 15 is 0 Å². The minimum absolute atomic E-state index is 0.0552. The fraction of sp³-hybridized carbons (Fsp3) is 0.312. The van der Waals surface area contributed by atoms with E-state index in [1.165, 1.54) is 35.8 Å². The first-order chi connectivity index (χ1) is 13.5. The predicted octanol–water partition coefficient (Wildman–Crippen LogP) is 0.694. The molecule has 1 amide bonds. The number of sulfonamides is 2. The second-order valence-electron chi connectivity index (χ2n) is 6.35. The highest BCUT2D eigenvalue weighted by molar-refractivity contribution is 7.91. The van der Waals surface area contributed by atoms with Crippen LogP contribution in [0.1, 0.15) is 0 Å². The molecule has 2 aromatic rings. The zero-order chi connectivity index (χ0) is 21.4. The van der Waals surface area contributed by atoms with Gasteiger partial charge in [-0.2, -0.15) is 8.61 Å².